The van der Waals surface area contributed by atoms with E-state index in [1.54, 1.807) is 0 Å². The molecule has 0 atom stereocenters. The summed E-state index contributed by atoms with van der Waals surface area (Å²) in [5.41, 5.74) is -0.102. The lowest BCUT2D eigenvalue weighted by molar-refractivity contribution is -0.147. The Bertz CT molecular complexity index is 433. The van der Waals surface area contributed by atoms with Gasteiger partial charge in [0.05, 0.1) is 0 Å². The van der Waals surface area contributed by atoms with E-state index in [2.05, 4.69) is 6.92 Å². The number of aliphatic carboxylic acids is 2. The van der Waals surface area contributed by atoms with Crippen molar-refractivity contribution in [3.05, 3.63) is 0 Å². The maximum atomic E-state index is 10.8. The fraction of sp³-hybridized carbons (Fsp3) is 0.889. The highest BCUT2D eigenvalue weighted by atomic mass is 16.4. The van der Waals surface area contributed by atoms with E-state index < -0.39 is 18.4 Å². The first-order valence-electron chi connectivity index (χ1n) is 13.1. The predicted octanol–water partition coefficient (Wildman–Crippen LogP) is 8.19. The standard InChI is InChI=1S/C24H48O.C3H4O4/c1-4-5-6-7-8-9-10-11-12-13-14-15-16-17-18-19-20-21-22-24(2,3)23-25;4-2(5)1-3(6)7/h23H,4-22H2,1-3H3;1H2,(H,4,5)(H,6,7). The van der Waals surface area contributed by atoms with Gasteiger partial charge in [0.2, 0.25) is 0 Å². The van der Waals surface area contributed by atoms with Crippen molar-refractivity contribution in [1.82, 2.24) is 0 Å². The van der Waals surface area contributed by atoms with E-state index in [4.69, 9.17) is 10.2 Å². The molecule has 0 aromatic carbocycles. The topological polar surface area (TPSA) is 91.7 Å². The van der Waals surface area contributed by atoms with Gasteiger partial charge in [-0.05, 0) is 6.42 Å². The number of hydrogen-bond donors (Lipinski definition) is 2. The first-order valence-corrected chi connectivity index (χ1v) is 13.1. The van der Waals surface area contributed by atoms with Gasteiger partial charge in [-0.2, -0.15) is 0 Å². The Balaban J connectivity index is 0. The zero-order valence-electron chi connectivity index (χ0n) is 21.3. The SMILES string of the molecule is CCCCCCCCCCCCCCCCCCCCC(C)(C)C=O.O=C(O)CC(=O)O. The molecule has 0 aliphatic rings. The van der Waals surface area contributed by atoms with Crippen molar-refractivity contribution >= 4 is 18.2 Å². The monoisotopic (exact) mass is 456 g/mol. The van der Waals surface area contributed by atoms with Crippen molar-refractivity contribution in [3.8, 4) is 0 Å². The number of hydrogen-bond acceptors (Lipinski definition) is 3. The van der Waals surface area contributed by atoms with Crippen molar-refractivity contribution in [1.29, 1.82) is 0 Å². The molecule has 0 bridgehead atoms. The van der Waals surface area contributed by atoms with Gasteiger partial charge in [-0.3, -0.25) is 9.59 Å². The highest BCUT2D eigenvalue weighted by molar-refractivity contribution is 5.88. The average molecular weight is 457 g/mol. The molecular weight excluding hydrogens is 404 g/mol. The molecule has 0 aliphatic carbocycles. The van der Waals surface area contributed by atoms with Crippen molar-refractivity contribution in [2.75, 3.05) is 0 Å². The molecule has 0 rings (SSSR count). The summed E-state index contributed by atoms with van der Waals surface area (Å²) in [5.74, 6) is -2.62. The third-order valence-electron chi connectivity index (χ3n) is 5.80. The first kappa shape index (κ1) is 32.8. The van der Waals surface area contributed by atoms with E-state index in [0.29, 0.717) is 0 Å². The molecule has 0 radical (unpaired) electrons. The fourth-order valence-corrected chi connectivity index (χ4v) is 3.67. The molecule has 32 heavy (non-hydrogen) atoms. The number of aldehydes is 1. The summed E-state index contributed by atoms with van der Waals surface area (Å²) in [7, 11) is 0. The zero-order valence-corrected chi connectivity index (χ0v) is 21.3. The molecular formula is C27H52O5. The van der Waals surface area contributed by atoms with Gasteiger partial charge in [-0.25, -0.2) is 0 Å². The van der Waals surface area contributed by atoms with Gasteiger partial charge in [-0.15, -0.1) is 0 Å². The van der Waals surface area contributed by atoms with Crippen molar-refractivity contribution in [2.24, 2.45) is 5.41 Å². The Labute approximate surface area is 197 Å². The summed E-state index contributed by atoms with van der Waals surface area (Å²) in [6.45, 7) is 6.39. The van der Waals surface area contributed by atoms with Crippen LogP contribution in [0.1, 0.15) is 149 Å². The van der Waals surface area contributed by atoms with E-state index in [-0.39, 0.29) is 5.41 Å². The molecule has 0 saturated heterocycles. The lowest BCUT2D eigenvalue weighted by Crippen LogP contribution is -2.12. The molecule has 0 aromatic heterocycles. The highest BCUT2D eigenvalue weighted by Gasteiger charge is 2.14. The van der Waals surface area contributed by atoms with Gasteiger partial charge in [0.1, 0.15) is 12.7 Å². The fourth-order valence-electron chi connectivity index (χ4n) is 3.67. The first-order chi connectivity index (χ1) is 15.2. The van der Waals surface area contributed by atoms with Crippen LogP contribution in [0, 0.1) is 5.41 Å². The van der Waals surface area contributed by atoms with Crippen LogP contribution in [0.2, 0.25) is 0 Å². The second-order valence-electron chi connectivity index (χ2n) is 9.83. The molecule has 0 aliphatic heterocycles. The summed E-state index contributed by atoms with van der Waals surface area (Å²) in [4.78, 5) is 29.7. The Morgan fingerprint density at radius 3 is 1.09 bits per heavy atom. The Hall–Kier alpha value is -1.39. The Kier molecular flexibility index (Phi) is 24.9. The van der Waals surface area contributed by atoms with Crippen molar-refractivity contribution in [3.63, 3.8) is 0 Å². The lowest BCUT2D eigenvalue weighted by atomic mass is 9.88. The van der Waals surface area contributed by atoms with Crippen LogP contribution in [0.5, 0.6) is 0 Å². The smallest absolute Gasteiger partial charge is 0.314 e. The number of carbonyl (C=O) groups is 3. The minimum atomic E-state index is -1.31. The summed E-state index contributed by atoms with van der Waals surface area (Å²) in [5, 5.41) is 15.4. The van der Waals surface area contributed by atoms with Gasteiger partial charge in [0.15, 0.2) is 0 Å². The molecule has 5 heteroatoms. The molecule has 0 fully saturated rings. The van der Waals surface area contributed by atoms with Gasteiger partial charge < -0.3 is 15.0 Å². The largest absolute Gasteiger partial charge is 0.481 e. The maximum Gasteiger partial charge on any atom is 0.314 e. The van der Waals surface area contributed by atoms with E-state index >= 15 is 0 Å². The van der Waals surface area contributed by atoms with E-state index in [1.807, 2.05) is 13.8 Å². The quantitative estimate of drug-likeness (QED) is 0.0973. The lowest BCUT2D eigenvalue weighted by Gasteiger charge is -2.15. The van der Waals surface area contributed by atoms with Gasteiger partial charge in [-0.1, -0.05) is 136 Å². The molecule has 5 nitrogen and oxygen atoms in total. The van der Waals surface area contributed by atoms with Gasteiger partial charge in [0, 0.05) is 5.41 Å². The van der Waals surface area contributed by atoms with E-state index in [0.717, 1.165) is 12.7 Å². The summed E-state index contributed by atoms with van der Waals surface area (Å²) in [6.07, 6.45) is 26.8. The summed E-state index contributed by atoms with van der Waals surface area (Å²) < 4.78 is 0. The average Bonchev–Trinajstić information content (AvgIpc) is 2.72. The van der Waals surface area contributed by atoms with Crippen LogP contribution in [-0.2, 0) is 14.4 Å². The predicted molar refractivity (Wildman–Crippen MR) is 133 cm³/mol. The van der Waals surface area contributed by atoms with E-state index in [9.17, 15) is 14.4 Å². The number of unbranched alkanes of at least 4 members (excludes halogenated alkanes) is 17. The molecule has 2 N–H and O–H groups in total. The van der Waals surface area contributed by atoms with Crippen LogP contribution in [0.25, 0.3) is 0 Å². The Morgan fingerprint density at radius 2 is 0.875 bits per heavy atom. The van der Waals surface area contributed by atoms with Crippen LogP contribution in [0.3, 0.4) is 0 Å². The van der Waals surface area contributed by atoms with Crippen LogP contribution < -0.4 is 0 Å². The summed E-state index contributed by atoms with van der Waals surface area (Å²) in [6, 6.07) is 0. The van der Waals surface area contributed by atoms with Crippen LogP contribution in [0.15, 0.2) is 0 Å². The van der Waals surface area contributed by atoms with Crippen LogP contribution >= 0.6 is 0 Å². The van der Waals surface area contributed by atoms with Crippen molar-refractivity contribution in [2.45, 2.75) is 149 Å². The zero-order chi connectivity index (χ0) is 24.5. The Morgan fingerprint density at radius 1 is 0.594 bits per heavy atom. The maximum absolute atomic E-state index is 10.8. The number of rotatable bonds is 22. The molecule has 190 valence electrons. The van der Waals surface area contributed by atoms with Crippen LogP contribution in [-0.4, -0.2) is 28.4 Å². The van der Waals surface area contributed by atoms with E-state index in [1.165, 1.54) is 116 Å². The molecule has 0 aromatic rings. The number of carboxylic acid groups (broad SMARTS) is 2. The second-order valence-corrected chi connectivity index (χ2v) is 9.83. The highest BCUT2D eigenvalue weighted by Crippen LogP contribution is 2.21. The second kappa shape index (κ2) is 24.3. The number of carboxylic acids is 2. The molecule has 0 saturated carbocycles. The number of carbonyl (C=O) groups excluding carboxylic acids is 1. The minimum Gasteiger partial charge on any atom is -0.481 e. The van der Waals surface area contributed by atoms with Crippen molar-refractivity contribution < 1.29 is 24.6 Å². The molecule has 0 spiro atoms. The molecule has 0 amide bonds. The molecule has 0 heterocycles. The normalized spacial score (nSPS) is 11.0. The minimum absolute atomic E-state index is 0.102. The third kappa shape index (κ3) is 30.8. The third-order valence-corrected chi connectivity index (χ3v) is 5.80. The summed E-state index contributed by atoms with van der Waals surface area (Å²) >= 11 is 0. The molecule has 0 unspecified atom stereocenters. The van der Waals surface area contributed by atoms with Gasteiger partial charge in [0.25, 0.3) is 0 Å². The van der Waals surface area contributed by atoms with Gasteiger partial charge >= 0.3 is 11.9 Å². The van der Waals surface area contributed by atoms with Crippen LogP contribution in [0.4, 0.5) is 0 Å².